The summed E-state index contributed by atoms with van der Waals surface area (Å²) in [4.78, 5) is 16.4. The second kappa shape index (κ2) is 6.23. The number of pyridine rings is 1. The summed E-state index contributed by atoms with van der Waals surface area (Å²) < 4.78 is 0. The van der Waals surface area contributed by atoms with Crippen molar-refractivity contribution < 1.29 is 4.79 Å². The molecule has 4 aliphatic rings. The highest BCUT2D eigenvalue weighted by molar-refractivity contribution is 7.99. The van der Waals surface area contributed by atoms with Gasteiger partial charge in [0.25, 0.3) is 0 Å². The predicted molar refractivity (Wildman–Crippen MR) is 89.4 cm³/mol. The Kier molecular flexibility index (Phi) is 4.12. The van der Waals surface area contributed by atoms with Gasteiger partial charge in [-0.25, -0.2) is 0 Å². The van der Waals surface area contributed by atoms with Crippen LogP contribution in [0.1, 0.15) is 37.7 Å². The van der Waals surface area contributed by atoms with Crippen LogP contribution in [0.3, 0.4) is 0 Å². The van der Waals surface area contributed by atoms with Crippen molar-refractivity contribution in [1.82, 2.24) is 10.3 Å². The number of nitrogens with zero attached hydrogens (tertiary/aromatic N) is 1. The minimum atomic E-state index is 0.228. The Morgan fingerprint density at radius 1 is 1.18 bits per heavy atom. The van der Waals surface area contributed by atoms with Crippen molar-refractivity contribution in [2.24, 2.45) is 23.7 Å². The molecule has 0 atom stereocenters. The zero-order valence-corrected chi connectivity index (χ0v) is 13.7. The molecule has 4 heteroatoms. The van der Waals surface area contributed by atoms with Crippen LogP contribution in [0, 0.1) is 23.7 Å². The maximum absolute atomic E-state index is 12.3. The number of amides is 1. The molecule has 0 aliphatic heterocycles. The Labute approximate surface area is 136 Å². The molecule has 4 fully saturated rings. The third-order valence-electron chi connectivity index (χ3n) is 5.78. The monoisotopic (exact) mass is 316 g/mol. The highest BCUT2D eigenvalue weighted by Gasteiger charge is 2.48. The third kappa shape index (κ3) is 3.03. The van der Waals surface area contributed by atoms with Crippen LogP contribution in [0.5, 0.6) is 0 Å². The summed E-state index contributed by atoms with van der Waals surface area (Å²) in [5, 5.41) is 3.37. The molecule has 0 saturated heterocycles. The van der Waals surface area contributed by atoms with Crippen LogP contribution in [0.15, 0.2) is 24.5 Å². The molecule has 5 rings (SSSR count). The van der Waals surface area contributed by atoms with E-state index in [-0.39, 0.29) is 5.91 Å². The van der Waals surface area contributed by atoms with Gasteiger partial charge >= 0.3 is 0 Å². The number of hydrogen-bond donors (Lipinski definition) is 1. The van der Waals surface area contributed by atoms with Crippen molar-refractivity contribution in [3.63, 3.8) is 0 Å². The summed E-state index contributed by atoms with van der Waals surface area (Å²) in [5.74, 6) is 5.13. The summed E-state index contributed by atoms with van der Waals surface area (Å²) >= 11 is 1.69. The van der Waals surface area contributed by atoms with Crippen LogP contribution in [0.4, 0.5) is 0 Å². The summed E-state index contributed by atoms with van der Waals surface area (Å²) in [6, 6.07) is 4.49. The largest absolute Gasteiger partial charge is 0.352 e. The first kappa shape index (κ1) is 14.6. The van der Waals surface area contributed by atoms with Gasteiger partial charge in [-0.15, -0.1) is 11.8 Å². The molecule has 118 valence electrons. The van der Waals surface area contributed by atoms with Gasteiger partial charge in [-0.05, 0) is 67.4 Å². The minimum absolute atomic E-state index is 0.228. The molecule has 1 aromatic heterocycles. The fourth-order valence-electron chi connectivity index (χ4n) is 5.13. The van der Waals surface area contributed by atoms with Crippen molar-refractivity contribution in [3.05, 3.63) is 30.1 Å². The van der Waals surface area contributed by atoms with Crippen molar-refractivity contribution in [1.29, 1.82) is 0 Å². The average molecular weight is 316 g/mol. The molecule has 0 aromatic carbocycles. The van der Waals surface area contributed by atoms with Crippen molar-refractivity contribution in [3.8, 4) is 0 Å². The Bertz CT molecular complexity index is 505. The third-order valence-corrected chi connectivity index (χ3v) is 6.78. The molecule has 4 saturated carbocycles. The Morgan fingerprint density at radius 2 is 1.91 bits per heavy atom. The van der Waals surface area contributed by atoms with E-state index < -0.39 is 0 Å². The standard InChI is InChI=1S/C18H24N2OS/c21-17(11-22-10-12-2-1-3-19-9-12)20-18-15-5-13-4-14(7-15)8-16(18)6-13/h1-3,9,13-16,18H,4-8,10-11H2,(H,20,21). The molecular formula is C18H24N2OS. The Morgan fingerprint density at radius 3 is 2.55 bits per heavy atom. The lowest BCUT2D eigenvalue weighted by Crippen LogP contribution is -2.56. The van der Waals surface area contributed by atoms with Crippen LogP contribution in [-0.4, -0.2) is 22.7 Å². The van der Waals surface area contributed by atoms with E-state index in [1.54, 1.807) is 18.0 Å². The highest BCUT2D eigenvalue weighted by Crippen LogP contribution is 2.53. The Hall–Kier alpha value is -1.03. The lowest BCUT2D eigenvalue weighted by atomic mass is 9.54. The molecule has 1 N–H and O–H groups in total. The number of rotatable bonds is 5. The average Bonchev–Trinajstić information content (AvgIpc) is 2.51. The van der Waals surface area contributed by atoms with Gasteiger partial charge in [0, 0.05) is 24.2 Å². The van der Waals surface area contributed by atoms with Crippen molar-refractivity contribution in [2.45, 2.75) is 43.9 Å². The number of carbonyl (C=O) groups is 1. The van der Waals surface area contributed by atoms with E-state index in [1.165, 1.54) is 37.7 Å². The number of nitrogens with one attached hydrogen (secondary N) is 1. The normalized spacial score (nSPS) is 35.5. The second-order valence-corrected chi connectivity index (χ2v) is 8.36. The van der Waals surface area contributed by atoms with Gasteiger partial charge in [0.1, 0.15) is 0 Å². The fraction of sp³-hybridized carbons (Fsp3) is 0.667. The van der Waals surface area contributed by atoms with E-state index in [4.69, 9.17) is 0 Å². The maximum atomic E-state index is 12.3. The van der Waals surface area contributed by atoms with Gasteiger partial charge in [0.15, 0.2) is 0 Å². The van der Waals surface area contributed by atoms with E-state index in [0.29, 0.717) is 11.8 Å². The molecule has 1 heterocycles. The first-order valence-corrected chi connectivity index (χ1v) is 9.69. The van der Waals surface area contributed by atoms with E-state index in [2.05, 4.69) is 16.4 Å². The van der Waals surface area contributed by atoms with Crippen LogP contribution < -0.4 is 5.32 Å². The number of carbonyl (C=O) groups excluding carboxylic acids is 1. The fourth-order valence-corrected chi connectivity index (χ4v) is 5.91. The number of thioether (sulfide) groups is 1. The molecule has 1 aromatic rings. The summed E-state index contributed by atoms with van der Waals surface area (Å²) in [7, 11) is 0. The summed E-state index contributed by atoms with van der Waals surface area (Å²) in [6.45, 7) is 0. The lowest BCUT2D eigenvalue weighted by molar-refractivity contribution is -0.122. The topological polar surface area (TPSA) is 42.0 Å². The molecule has 4 bridgehead atoms. The smallest absolute Gasteiger partial charge is 0.230 e. The zero-order valence-electron chi connectivity index (χ0n) is 12.9. The molecular weight excluding hydrogens is 292 g/mol. The Balaban J connectivity index is 1.26. The minimum Gasteiger partial charge on any atom is -0.352 e. The van der Waals surface area contributed by atoms with Crippen molar-refractivity contribution >= 4 is 17.7 Å². The molecule has 0 unspecified atom stereocenters. The number of aromatic nitrogens is 1. The summed E-state index contributed by atoms with van der Waals surface area (Å²) in [6.07, 6.45) is 10.6. The van der Waals surface area contributed by atoms with Crippen molar-refractivity contribution in [2.75, 3.05) is 5.75 Å². The lowest BCUT2D eigenvalue weighted by Gasteiger charge is -2.54. The van der Waals surface area contributed by atoms with Crippen LogP contribution in [0.2, 0.25) is 0 Å². The van der Waals surface area contributed by atoms with E-state index in [1.807, 2.05) is 12.3 Å². The quantitative estimate of drug-likeness (QED) is 0.906. The van der Waals surface area contributed by atoms with Gasteiger partial charge in [0.2, 0.25) is 5.91 Å². The van der Waals surface area contributed by atoms with Gasteiger partial charge in [-0.3, -0.25) is 9.78 Å². The van der Waals surface area contributed by atoms with E-state index >= 15 is 0 Å². The molecule has 22 heavy (non-hydrogen) atoms. The van der Waals surface area contributed by atoms with Gasteiger partial charge in [0.05, 0.1) is 5.75 Å². The van der Waals surface area contributed by atoms with E-state index in [0.717, 1.165) is 29.4 Å². The first-order valence-electron chi connectivity index (χ1n) is 8.54. The molecule has 1 amide bonds. The molecule has 4 aliphatic carbocycles. The second-order valence-electron chi connectivity index (χ2n) is 7.38. The van der Waals surface area contributed by atoms with E-state index in [9.17, 15) is 4.79 Å². The summed E-state index contributed by atoms with van der Waals surface area (Å²) in [5.41, 5.74) is 1.19. The SMILES string of the molecule is O=C(CSCc1cccnc1)NC1C2CC3CC(C2)CC1C3. The molecule has 0 radical (unpaired) electrons. The zero-order chi connectivity index (χ0) is 14.9. The van der Waals surface area contributed by atoms with Gasteiger partial charge in [-0.2, -0.15) is 0 Å². The van der Waals surface area contributed by atoms with Crippen LogP contribution in [0.25, 0.3) is 0 Å². The maximum Gasteiger partial charge on any atom is 0.230 e. The van der Waals surface area contributed by atoms with Crippen LogP contribution >= 0.6 is 11.8 Å². The van der Waals surface area contributed by atoms with Gasteiger partial charge < -0.3 is 5.32 Å². The highest BCUT2D eigenvalue weighted by atomic mass is 32.2. The number of hydrogen-bond acceptors (Lipinski definition) is 3. The predicted octanol–water partition coefficient (Wildman–Crippen LogP) is 3.26. The first-order chi connectivity index (χ1) is 10.8. The molecule has 0 spiro atoms. The molecule has 3 nitrogen and oxygen atoms in total. The van der Waals surface area contributed by atoms with Crippen LogP contribution in [-0.2, 0) is 10.5 Å². The van der Waals surface area contributed by atoms with Gasteiger partial charge in [-0.1, -0.05) is 6.07 Å².